The molecule has 0 radical (unpaired) electrons. The lowest BCUT2D eigenvalue weighted by molar-refractivity contribution is -0.144. The lowest BCUT2D eigenvalue weighted by atomic mass is 9.85. The van der Waals surface area contributed by atoms with E-state index in [1.807, 2.05) is 115 Å². The standard InChI is InChI=1S/C53H65N11O6S/c1-9-26-63-49(68)40-29-54-51(60-47(40)64(63)42-23-18-36-24-25-53(70,10-2)45(36)58-42)57-37-19-21-38(22-20-37)61(8)27-12-11-13-43(66)59-46(52(5,6)7)50(69)62-30-39(65)28-41(62)48(67)56-32(3)34-14-16-35(17-15-34)44-33(4)55-31-71-44/h9,14-23,29,31-32,39,41,46,65,70H,1,10-13,24-28,30H2,2-8H3,(H,56,67)(H,59,66)(H,54,57,60)/t32-,39+,41-,46+,53+/m0/s1. The number of benzene rings is 2. The van der Waals surface area contributed by atoms with Gasteiger partial charge in [0.15, 0.2) is 11.5 Å². The van der Waals surface area contributed by atoms with E-state index >= 15 is 0 Å². The number of amides is 3. The molecule has 5 atom stereocenters. The number of pyridine rings is 1. The Morgan fingerprint density at radius 3 is 2.45 bits per heavy atom. The highest BCUT2D eigenvalue weighted by atomic mass is 32.1. The van der Waals surface area contributed by atoms with Gasteiger partial charge in [-0.1, -0.05) is 64.1 Å². The number of aliphatic hydroxyl groups excluding tert-OH is 1. The van der Waals surface area contributed by atoms with Crippen molar-refractivity contribution in [3.05, 3.63) is 118 Å². The van der Waals surface area contributed by atoms with Gasteiger partial charge >= 0.3 is 0 Å². The molecule has 0 saturated carbocycles. The van der Waals surface area contributed by atoms with Crippen LogP contribution in [0.25, 0.3) is 27.3 Å². The number of allylic oxidation sites excluding steroid dienone is 1. The van der Waals surface area contributed by atoms with Crippen molar-refractivity contribution in [1.82, 2.24) is 44.8 Å². The zero-order chi connectivity index (χ0) is 50.8. The molecule has 5 heterocycles. The quantitative estimate of drug-likeness (QED) is 0.0442. The van der Waals surface area contributed by atoms with Gasteiger partial charge in [-0.05, 0) is 98.4 Å². The summed E-state index contributed by atoms with van der Waals surface area (Å²) in [7, 11) is 1.98. The molecule has 8 rings (SSSR count). The fraction of sp³-hybridized carbons (Fsp3) is 0.434. The zero-order valence-electron chi connectivity index (χ0n) is 41.6. The first-order valence-corrected chi connectivity index (χ1v) is 25.3. The van der Waals surface area contributed by atoms with Crippen molar-refractivity contribution in [2.75, 3.05) is 30.4 Å². The Kier molecular flexibility index (Phi) is 14.9. The molecule has 71 heavy (non-hydrogen) atoms. The first-order chi connectivity index (χ1) is 33.9. The van der Waals surface area contributed by atoms with E-state index in [1.54, 1.807) is 22.1 Å². The highest BCUT2D eigenvalue weighted by molar-refractivity contribution is 7.13. The van der Waals surface area contributed by atoms with Crippen LogP contribution < -0.4 is 26.4 Å². The smallest absolute Gasteiger partial charge is 0.278 e. The van der Waals surface area contributed by atoms with Crippen molar-refractivity contribution in [3.8, 4) is 16.3 Å². The van der Waals surface area contributed by atoms with Crippen molar-refractivity contribution in [3.63, 3.8) is 0 Å². The van der Waals surface area contributed by atoms with Gasteiger partial charge in [-0.25, -0.2) is 24.3 Å². The molecule has 6 aromatic rings. The van der Waals surface area contributed by atoms with E-state index in [4.69, 9.17) is 9.97 Å². The van der Waals surface area contributed by atoms with Gasteiger partial charge in [0.1, 0.15) is 23.1 Å². The molecule has 2 aliphatic rings. The van der Waals surface area contributed by atoms with E-state index in [-0.39, 0.29) is 55.3 Å². The van der Waals surface area contributed by atoms with E-state index in [9.17, 15) is 29.4 Å². The summed E-state index contributed by atoms with van der Waals surface area (Å²) in [6.45, 7) is 16.2. The molecule has 1 aliphatic carbocycles. The van der Waals surface area contributed by atoms with Crippen molar-refractivity contribution in [2.45, 2.75) is 123 Å². The van der Waals surface area contributed by atoms with Crippen LogP contribution >= 0.6 is 11.3 Å². The fourth-order valence-corrected chi connectivity index (χ4v) is 10.4. The average Bonchev–Trinajstić information content (AvgIpc) is 4.12. The number of fused-ring (bicyclic) bond motifs is 2. The van der Waals surface area contributed by atoms with Gasteiger partial charge in [-0.3, -0.25) is 19.2 Å². The predicted octanol–water partition coefficient (Wildman–Crippen LogP) is 6.86. The number of nitrogens with one attached hydrogen (secondary N) is 3. The predicted molar refractivity (Wildman–Crippen MR) is 277 cm³/mol. The molecule has 0 bridgehead atoms. The van der Waals surface area contributed by atoms with Gasteiger partial charge in [0.25, 0.3) is 5.56 Å². The number of carbonyl (C=O) groups excluding carboxylic acids is 3. The van der Waals surface area contributed by atoms with Gasteiger partial charge in [0.2, 0.25) is 23.7 Å². The fourth-order valence-electron chi connectivity index (χ4n) is 9.55. The number of nitrogens with zero attached hydrogens (tertiary/aromatic N) is 8. The number of aryl methyl sites for hydroxylation is 2. The van der Waals surface area contributed by atoms with E-state index < -0.39 is 35.1 Å². The number of carbonyl (C=O) groups is 3. The van der Waals surface area contributed by atoms with E-state index in [1.165, 1.54) is 15.8 Å². The molecular weight excluding hydrogens is 919 g/mol. The SMILES string of the molecule is C=CCn1c(=O)c2cnc(Nc3ccc(N(C)CCCCC(=O)N[C@H](C(=O)N4C[C@H](O)C[C@H]4C(=O)N[C@@H](C)c4ccc(-c5scnc5C)cc4)C(C)(C)C)cc3)nc2n1-c1ccc2c(n1)[C@@](O)(CC)CC2. The minimum atomic E-state index is -1.03. The zero-order valence-corrected chi connectivity index (χ0v) is 42.4. The summed E-state index contributed by atoms with van der Waals surface area (Å²) in [4.78, 5) is 78.0. The third-order valence-electron chi connectivity index (χ3n) is 13.8. The molecule has 374 valence electrons. The van der Waals surface area contributed by atoms with Crippen LogP contribution in [0.3, 0.4) is 0 Å². The van der Waals surface area contributed by atoms with Crippen LogP contribution in [-0.4, -0.2) is 100 Å². The van der Waals surface area contributed by atoms with Gasteiger partial charge in [-0.15, -0.1) is 17.9 Å². The normalized spacial score (nSPS) is 18.5. The van der Waals surface area contributed by atoms with Gasteiger partial charge < -0.3 is 36.0 Å². The summed E-state index contributed by atoms with van der Waals surface area (Å²) in [6, 6.07) is 17.4. The number of hydrogen-bond acceptors (Lipinski definition) is 13. The summed E-state index contributed by atoms with van der Waals surface area (Å²) < 4.78 is 3.18. The van der Waals surface area contributed by atoms with E-state index in [0.29, 0.717) is 54.8 Å². The second-order valence-corrected chi connectivity index (χ2v) is 20.8. The molecule has 18 heteroatoms. The number of unbranched alkanes of at least 4 members (excludes halogenated alkanes) is 1. The van der Waals surface area contributed by atoms with Crippen LogP contribution in [0.2, 0.25) is 0 Å². The summed E-state index contributed by atoms with van der Waals surface area (Å²) in [5.41, 5.74) is 6.45. The summed E-state index contributed by atoms with van der Waals surface area (Å²) in [6.07, 6.45) is 5.74. The number of hydrogen-bond donors (Lipinski definition) is 5. The highest BCUT2D eigenvalue weighted by Crippen LogP contribution is 2.39. The molecule has 0 spiro atoms. The largest absolute Gasteiger partial charge is 0.391 e. The maximum Gasteiger partial charge on any atom is 0.278 e. The van der Waals surface area contributed by atoms with Gasteiger partial charge in [-0.2, -0.15) is 4.98 Å². The summed E-state index contributed by atoms with van der Waals surface area (Å²) in [5.74, 6) is -0.256. The number of rotatable bonds is 18. The number of β-amino-alcohol motifs (C(OH)–C–C–N with tert-alkyl or cyclic N) is 1. The maximum absolute atomic E-state index is 14.2. The first kappa shape index (κ1) is 50.6. The third-order valence-corrected chi connectivity index (χ3v) is 14.7. The molecule has 17 nitrogen and oxygen atoms in total. The first-order valence-electron chi connectivity index (χ1n) is 24.4. The monoisotopic (exact) mass is 983 g/mol. The average molecular weight is 984 g/mol. The van der Waals surface area contributed by atoms with Crippen molar-refractivity contribution in [2.24, 2.45) is 5.41 Å². The summed E-state index contributed by atoms with van der Waals surface area (Å²) in [5, 5.41) is 31.6. The molecule has 1 aliphatic heterocycles. The molecule has 0 unspecified atom stereocenters. The lowest BCUT2D eigenvalue weighted by Gasteiger charge is -2.35. The summed E-state index contributed by atoms with van der Waals surface area (Å²) >= 11 is 1.58. The van der Waals surface area contributed by atoms with Crippen LogP contribution in [0.1, 0.15) is 102 Å². The van der Waals surface area contributed by atoms with Crippen molar-refractivity contribution < 1.29 is 24.6 Å². The second-order valence-electron chi connectivity index (χ2n) is 19.9. The molecule has 3 amide bonds. The van der Waals surface area contributed by atoms with Crippen molar-refractivity contribution in [1.29, 1.82) is 0 Å². The minimum Gasteiger partial charge on any atom is -0.391 e. The number of likely N-dealkylation sites (tertiary alicyclic amines) is 1. The van der Waals surface area contributed by atoms with Crippen LogP contribution in [0.15, 0.2) is 89.8 Å². The Morgan fingerprint density at radius 2 is 1.77 bits per heavy atom. The third kappa shape index (κ3) is 10.8. The number of anilines is 3. The van der Waals surface area contributed by atoms with Crippen LogP contribution in [0, 0.1) is 12.3 Å². The topological polar surface area (TPSA) is 213 Å². The molecule has 4 aromatic heterocycles. The van der Waals surface area contributed by atoms with E-state index in [2.05, 4.69) is 37.4 Å². The van der Waals surface area contributed by atoms with Crippen molar-refractivity contribution >= 4 is 57.4 Å². The van der Waals surface area contributed by atoms with Gasteiger partial charge in [0, 0.05) is 50.6 Å². The van der Waals surface area contributed by atoms with Crippen LogP contribution in [0.5, 0.6) is 0 Å². The Labute approximate surface area is 418 Å². The maximum atomic E-state index is 14.2. The Balaban J connectivity index is 0.843. The van der Waals surface area contributed by atoms with Gasteiger partial charge in [0.05, 0.1) is 40.5 Å². The highest BCUT2D eigenvalue weighted by Gasteiger charge is 2.45. The molecule has 5 N–H and O–H groups in total. The molecule has 2 aromatic carbocycles. The van der Waals surface area contributed by atoms with Crippen LogP contribution in [0.4, 0.5) is 17.3 Å². The Hall–Kier alpha value is -6.76. The minimum absolute atomic E-state index is 0.00165. The number of aromatic nitrogens is 6. The number of thiazole rings is 1. The van der Waals surface area contributed by atoms with E-state index in [0.717, 1.165) is 45.1 Å². The Bertz CT molecular complexity index is 2980. The molecule has 1 saturated heterocycles. The number of aliphatic hydroxyl groups is 2. The second kappa shape index (κ2) is 20.9. The molecular formula is C53H65N11O6S. The molecule has 1 fully saturated rings. The Morgan fingerprint density at radius 1 is 1.03 bits per heavy atom. The lowest BCUT2D eigenvalue weighted by Crippen LogP contribution is -2.57. The van der Waals surface area contributed by atoms with Crippen LogP contribution in [-0.2, 0) is 33.0 Å².